The van der Waals surface area contributed by atoms with Gasteiger partial charge in [0, 0.05) is 24.4 Å². The van der Waals surface area contributed by atoms with Gasteiger partial charge in [0.05, 0.1) is 11.3 Å². The Labute approximate surface area is 163 Å². The van der Waals surface area contributed by atoms with Crippen molar-refractivity contribution >= 4 is 17.3 Å². The van der Waals surface area contributed by atoms with Crippen LogP contribution >= 0.6 is 0 Å². The van der Waals surface area contributed by atoms with E-state index in [1.165, 1.54) is 6.07 Å². The molecule has 0 aliphatic carbocycles. The van der Waals surface area contributed by atoms with Gasteiger partial charge in [-0.3, -0.25) is 14.9 Å². The molecule has 1 aliphatic heterocycles. The molecule has 1 aliphatic rings. The molecular weight excluding hydrogens is 352 g/mol. The van der Waals surface area contributed by atoms with E-state index >= 15 is 0 Å². The molecule has 4 rings (SSSR count). The molecular formula is C23H20N2O3. The van der Waals surface area contributed by atoms with Crippen molar-refractivity contribution in [3.63, 3.8) is 0 Å². The van der Waals surface area contributed by atoms with Crippen molar-refractivity contribution in [2.45, 2.75) is 19.3 Å². The summed E-state index contributed by atoms with van der Waals surface area (Å²) >= 11 is 0. The standard InChI is InChI=1S/C23H20N2O3/c26-23(15-17-8-10-19(11-9-17)18-5-2-1-3-6-18)24-14-4-7-20-16-21(25(27)28)12-13-22(20)24/h1-3,5-6,8-13,16H,4,7,14-15H2. The van der Waals surface area contributed by atoms with E-state index in [1.807, 2.05) is 42.5 Å². The number of nitro benzene ring substituents is 1. The average molecular weight is 372 g/mol. The predicted octanol–water partition coefficient (Wildman–Crippen LogP) is 4.78. The summed E-state index contributed by atoms with van der Waals surface area (Å²) in [5.41, 5.74) is 4.96. The molecule has 0 fully saturated rings. The Hall–Kier alpha value is -3.47. The number of aryl methyl sites for hydroxylation is 1. The Kier molecular flexibility index (Phi) is 4.89. The van der Waals surface area contributed by atoms with Crippen molar-refractivity contribution in [1.82, 2.24) is 0 Å². The van der Waals surface area contributed by atoms with Gasteiger partial charge in [0.15, 0.2) is 0 Å². The average Bonchev–Trinajstić information content (AvgIpc) is 2.74. The first-order chi connectivity index (χ1) is 13.6. The predicted molar refractivity (Wildman–Crippen MR) is 109 cm³/mol. The monoisotopic (exact) mass is 372 g/mol. The third-order valence-electron chi connectivity index (χ3n) is 5.11. The van der Waals surface area contributed by atoms with Crippen LogP contribution in [-0.4, -0.2) is 17.4 Å². The Morgan fingerprint density at radius 3 is 2.39 bits per heavy atom. The number of amides is 1. The number of nitrogens with zero attached hydrogens (tertiary/aromatic N) is 2. The van der Waals surface area contributed by atoms with Crippen molar-refractivity contribution in [3.8, 4) is 11.1 Å². The van der Waals surface area contributed by atoms with Crippen molar-refractivity contribution in [2.24, 2.45) is 0 Å². The number of nitro groups is 1. The van der Waals surface area contributed by atoms with Crippen LogP contribution < -0.4 is 4.90 Å². The minimum absolute atomic E-state index is 0.0160. The number of carbonyl (C=O) groups excluding carboxylic acids is 1. The van der Waals surface area contributed by atoms with Crippen molar-refractivity contribution in [3.05, 3.63) is 94.0 Å². The van der Waals surface area contributed by atoms with Crippen molar-refractivity contribution in [1.29, 1.82) is 0 Å². The lowest BCUT2D eigenvalue weighted by Crippen LogP contribution is -2.36. The molecule has 0 saturated carbocycles. The molecule has 0 radical (unpaired) electrons. The summed E-state index contributed by atoms with van der Waals surface area (Å²) in [7, 11) is 0. The lowest BCUT2D eigenvalue weighted by Gasteiger charge is -2.29. The van der Waals surface area contributed by atoms with E-state index in [2.05, 4.69) is 12.1 Å². The molecule has 28 heavy (non-hydrogen) atoms. The Morgan fingerprint density at radius 1 is 0.964 bits per heavy atom. The van der Waals surface area contributed by atoms with Gasteiger partial charge in [-0.25, -0.2) is 0 Å². The van der Waals surface area contributed by atoms with Crippen LogP contribution in [0.5, 0.6) is 0 Å². The molecule has 0 spiro atoms. The molecule has 3 aromatic carbocycles. The maximum absolute atomic E-state index is 12.9. The van der Waals surface area contributed by atoms with Gasteiger partial charge in [0.25, 0.3) is 5.69 Å². The molecule has 0 saturated heterocycles. The van der Waals surface area contributed by atoms with Crippen LogP contribution in [-0.2, 0) is 17.6 Å². The third kappa shape index (κ3) is 3.64. The zero-order valence-electron chi connectivity index (χ0n) is 15.4. The molecule has 5 nitrogen and oxygen atoms in total. The van der Waals surface area contributed by atoms with E-state index in [-0.39, 0.29) is 11.6 Å². The molecule has 0 aromatic heterocycles. The summed E-state index contributed by atoms with van der Waals surface area (Å²) in [4.78, 5) is 25.3. The quantitative estimate of drug-likeness (QED) is 0.489. The van der Waals surface area contributed by atoms with Crippen molar-refractivity contribution < 1.29 is 9.72 Å². The lowest BCUT2D eigenvalue weighted by atomic mass is 9.99. The van der Waals surface area contributed by atoms with Crippen LogP contribution in [0.3, 0.4) is 0 Å². The summed E-state index contributed by atoms with van der Waals surface area (Å²) in [5.74, 6) is 0.0160. The van der Waals surface area contributed by atoms with Gasteiger partial charge in [0.1, 0.15) is 0 Å². The van der Waals surface area contributed by atoms with E-state index in [0.717, 1.165) is 40.8 Å². The van der Waals surface area contributed by atoms with E-state index in [4.69, 9.17) is 0 Å². The molecule has 0 bridgehead atoms. The van der Waals surface area contributed by atoms with Crippen LogP contribution in [0.1, 0.15) is 17.5 Å². The molecule has 0 unspecified atom stereocenters. The number of hydrogen-bond donors (Lipinski definition) is 0. The van der Waals surface area contributed by atoms with Gasteiger partial charge in [0.2, 0.25) is 5.91 Å². The number of hydrogen-bond acceptors (Lipinski definition) is 3. The lowest BCUT2D eigenvalue weighted by molar-refractivity contribution is -0.384. The number of rotatable bonds is 4. The second-order valence-corrected chi connectivity index (χ2v) is 6.96. The van der Waals surface area contributed by atoms with Crippen LogP contribution in [0.15, 0.2) is 72.8 Å². The molecule has 3 aromatic rings. The van der Waals surface area contributed by atoms with Gasteiger partial charge in [-0.2, -0.15) is 0 Å². The van der Waals surface area contributed by atoms with Crippen LogP contribution in [0.2, 0.25) is 0 Å². The van der Waals surface area contributed by atoms with Crippen molar-refractivity contribution in [2.75, 3.05) is 11.4 Å². The van der Waals surface area contributed by atoms with Gasteiger partial charge in [-0.1, -0.05) is 54.6 Å². The largest absolute Gasteiger partial charge is 0.312 e. The summed E-state index contributed by atoms with van der Waals surface area (Å²) < 4.78 is 0. The highest BCUT2D eigenvalue weighted by Crippen LogP contribution is 2.31. The minimum Gasteiger partial charge on any atom is -0.312 e. The summed E-state index contributed by atoms with van der Waals surface area (Å²) in [5, 5.41) is 11.0. The fourth-order valence-electron chi connectivity index (χ4n) is 3.67. The number of benzene rings is 3. The highest BCUT2D eigenvalue weighted by Gasteiger charge is 2.24. The number of non-ortho nitro benzene ring substituents is 1. The van der Waals surface area contributed by atoms with E-state index < -0.39 is 4.92 Å². The zero-order valence-corrected chi connectivity index (χ0v) is 15.4. The number of carbonyl (C=O) groups is 1. The molecule has 1 heterocycles. The highest BCUT2D eigenvalue weighted by atomic mass is 16.6. The third-order valence-corrected chi connectivity index (χ3v) is 5.11. The first-order valence-corrected chi connectivity index (χ1v) is 9.34. The fraction of sp³-hybridized carbons (Fsp3) is 0.174. The molecule has 5 heteroatoms. The number of anilines is 1. The van der Waals surface area contributed by atoms with Gasteiger partial charge in [-0.05, 0) is 41.2 Å². The maximum Gasteiger partial charge on any atom is 0.269 e. The van der Waals surface area contributed by atoms with Gasteiger partial charge in [-0.15, -0.1) is 0 Å². The van der Waals surface area contributed by atoms with Crippen LogP contribution in [0, 0.1) is 10.1 Å². The maximum atomic E-state index is 12.9. The fourth-order valence-corrected chi connectivity index (χ4v) is 3.67. The molecule has 1 amide bonds. The second kappa shape index (κ2) is 7.64. The Balaban J connectivity index is 1.51. The first-order valence-electron chi connectivity index (χ1n) is 9.34. The van der Waals surface area contributed by atoms with E-state index in [1.54, 1.807) is 17.0 Å². The van der Waals surface area contributed by atoms with E-state index in [9.17, 15) is 14.9 Å². The van der Waals surface area contributed by atoms with E-state index in [0.29, 0.717) is 13.0 Å². The Morgan fingerprint density at radius 2 is 1.68 bits per heavy atom. The zero-order chi connectivity index (χ0) is 19.5. The minimum atomic E-state index is -0.394. The summed E-state index contributed by atoms with van der Waals surface area (Å²) in [6, 6.07) is 22.9. The topological polar surface area (TPSA) is 63.5 Å². The SMILES string of the molecule is O=C(Cc1ccc(-c2ccccc2)cc1)N1CCCc2cc([N+](=O)[O-])ccc21. The molecule has 0 atom stereocenters. The molecule has 140 valence electrons. The highest BCUT2D eigenvalue weighted by molar-refractivity contribution is 5.96. The summed E-state index contributed by atoms with van der Waals surface area (Å²) in [6.45, 7) is 0.645. The Bertz CT molecular complexity index is 1010. The summed E-state index contributed by atoms with van der Waals surface area (Å²) in [6.07, 6.45) is 1.88. The smallest absolute Gasteiger partial charge is 0.269 e. The van der Waals surface area contributed by atoms with Crippen LogP contribution in [0.25, 0.3) is 11.1 Å². The second-order valence-electron chi connectivity index (χ2n) is 6.96. The van der Waals surface area contributed by atoms with Gasteiger partial charge < -0.3 is 4.90 Å². The molecule has 0 N–H and O–H groups in total. The normalized spacial score (nSPS) is 13.1. The van der Waals surface area contributed by atoms with Crippen LogP contribution in [0.4, 0.5) is 11.4 Å². The number of fused-ring (bicyclic) bond motifs is 1. The van der Waals surface area contributed by atoms with Gasteiger partial charge >= 0.3 is 0 Å². The first kappa shape index (κ1) is 17.9.